The lowest BCUT2D eigenvalue weighted by molar-refractivity contribution is -0.620. The highest BCUT2D eigenvalue weighted by Gasteiger charge is 2.26. The molecule has 27 heavy (non-hydrogen) atoms. The Kier molecular flexibility index (Phi) is 7.22. The van der Waals surface area contributed by atoms with Gasteiger partial charge in [0.05, 0.1) is 6.61 Å². The van der Waals surface area contributed by atoms with Crippen LogP contribution in [0.25, 0.3) is 0 Å². The summed E-state index contributed by atoms with van der Waals surface area (Å²) in [6, 6.07) is 7.71. The average molecular weight is 370 g/mol. The molecule has 0 radical (unpaired) electrons. The number of anilines is 1. The number of hydrogen-bond donors (Lipinski definition) is 1. The number of para-hydroxylation sites is 1. The minimum Gasteiger partial charge on any atom is -0.618 e. The Morgan fingerprint density at radius 1 is 1.11 bits per heavy atom. The molecule has 0 unspecified atom stereocenters. The molecule has 1 amide bonds. The third-order valence-electron chi connectivity index (χ3n) is 4.70. The fourth-order valence-corrected chi connectivity index (χ4v) is 3.25. The number of carbonyl (C=O) groups is 1. The van der Waals surface area contributed by atoms with Crippen molar-refractivity contribution >= 4 is 11.6 Å². The predicted molar refractivity (Wildman–Crippen MR) is 108 cm³/mol. The van der Waals surface area contributed by atoms with E-state index in [0.717, 1.165) is 40.8 Å². The zero-order valence-electron chi connectivity index (χ0n) is 17.0. The molecule has 1 heterocycles. The van der Waals surface area contributed by atoms with Crippen LogP contribution in [-0.4, -0.2) is 12.5 Å². The molecule has 0 fully saturated rings. The van der Waals surface area contributed by atoms with Crippen LogP contribution in [0, 0.1) is 12.1 Å². The minimum atomic E-state index is -0.293. The van der Waals surface area contributed by atoms with Crippen molar-refractivity contribution in [1.29, 1.82) is 0 Å². The summed E-state index contributed by atoms with van der Waals surface area (Å²) in [5.74, 6) is 0.181. The monoisotopic (exact) mass is 370 g/mol. The molecule has 0 saturated heterocycles. The van der Waals surface area contributed by atoms with E-state index in [0.29, 0.717) is 35.7 Å². The number of nitrogens with zero attached hydrogens (tertiary/aromatic N) is 1. The number of nitrogens with one attached hydrogen (secondary N) is 1. The van der Waals surface area contributed by atoms with Gasteiger partial charge in [-0.15, -0.1) is 0 Å². The van der Waals surface area contributed by atoms with Crippen LogP contribution in [0.3, 0.4) is 0 Å². The summed E-state index contributed by atoms with van der Waals surface area (Å²) in [5, 5.41) is 15.6. The van der Waals surface area contributed by atoms with Crippen molar-refractivity contribution in [3.8, 4) is 5.75 Å². The summed E-state index contributed by atoms with van der Waals surface area (Å²) in [5.41, 5.74) is 4.30. The van der Waals surface area contributed by atoms with E-state index in [9.17, 15) is 10.0 Å². The number of hydrogen-bond acceptors (Lipinski definition) is 3. The number of pyridine rings is 1. The Bertz CT molecular complexity index is 793. The first-order valence-corrected chi connectivity index (χ1v) is 9.79. The second-order valence-electron chi connectivity index (χ2n) is 6.58. The van der Waals surface area contributed by atoms with Crippen LogP contribution >= 0.6 is 0 Å². The van der Waals surface area contributed by atoms with Crippen LogP contribution in [0.5, 0.6) is 5.75 Å². The van der Waals surface area contributed by atoms with Crippen molar-refractivity contribution in [1.82, 2.24) is 0 Å². The highest BCUT2D eigenvalue weighted by atomic mass is 16.5. The summed E-state index contributed by atoms with van der Waals surface area (Å²) in [4.78, 5) is 13.2. The summed E-state index contributed by atoms with van der Waals surface area (Å²) >= 11 is 0. The van der Waals surface area contributed by atoms with E-state index in [1.165, 1.54) is 0 Å². The Balaban J connectivity index is 2.54. The second kappa shape index (κ2) is 9.40. The van der Waals surface area contributed by atoms with E-state index < -0.39 is 0 Å². The van der Waals surface area contributed by atoms with Crippen LogP contribution in [-0.2, 0) is 19.3 Å². The van der Waals surface area contributed by atoms with Crippen LogP contribution < -0.4 is 14.8 Å². The standard InChI is InChI=1S/C22H30N2O3/c1-6-13-27-19-14-15(5)24(26)18(9-4)20(19)22(25)23-21-16(7-2)11-10-12-17(21)8-3/h10-12,14H,6-9,13H2,1-5H3,(H,23,25). The third-order valence-corrected chi connectivity index (χ3v) is 4.70. The molecular weight excluding hydrogens is 340 g/mol. The smallest absolute Gasteiger partial charge is 0.265 e. The summed E-state index contributed by atoms with van der Waals surface area (Å²) in [6.07, 6.45) is 2.91. The Hall–Kier alpha value is -2.56. The quantitative estimate of drug-likeness (QED) is 0.555. The van der Waals surface area contributed by atoms with E-state index in [-0.39, 0.29) is 5.91 Å². The van der Waals surface area contributed by atoms with Crippen LogP contribution in [0.15, 0.2) is 24.3 Å². The van der Waals surface area contributed by atoms with Gasteiger partial charge in [0.1, 0.15) is 11.3 Å². The number of aryl methyl sites for hydroxylation is 3. The molecule has 1 aromatic heterocycles. The minimum absolute atomic E-state index is 0.293. The van der Waals surface area contributed by atoms with Crippen molar-refractivity contribution < 1.29 is 14.3 Å². The highest BCUT2D eigenvalue weighted by Crippen LogP contribution is 2.27. The fraction of sp³-hybridized carbons (Fsp3) is 0.455. The number of benzene rings is 1. The molecule has 0 bridgehead atoms. The molecule has 1 N–H and O–H groups in total. The molecule has 2 aromatic rings. The molecule has 0 saturated carbocycles. The van der Waals surface area contributed by atoms with Crippen LogP contribution in [0.4, 0.5) is 5.69 Å². The van der Waals surface area contributed by atoms with Crippen molar-refractivity contribution in [2.75, 3.05) is 11.9 Å². The zero-order chi connectivity index (χ0) is 20.0. The van der Waals surface area contributed by atoms with Gasteiger partial charge in [0.2, 0.25) is 5.69 Å². The van der Waals surface area contributed by atoms with Gasteiger partial charge >= 0.3 is 0 Å². The van der Waals surface area contributed by atoms with Gasteiger partial charge in [-0.1, -0.05) is 45.9 Å². The first kappa shape index (κ1) is 20.7. The Labute approximate surface area is 162 Å². The third kappa shape index (κ3) is 4.41. The molecule has 5 nitrogen and oxygen atoms in total. The van der Waals surface area contributed by atoms with Gasteiger partial charge in [-0.25, -0.2) is 0 Å². The van der Waals surface area contributed by atoms with E-state index in [1.807, 2.05) is 32.0 Å². The van der Waals surface area contributed by atoms with E-state index >= 15 is 0 Å². The highest BCUT2D eigenvalue weighted by molar-refractivity contribution is 6.07. The summed E-state index contributed by atoms with van der Waals surface area (Å²) < 4.78 is 6.66. The number of ether oxygens (including phenoxy) is 1. The average Bonchev–Trinajstić information content (AvgIpc) is 2.68. The van der Waals surface area contributed by atoms with Gasteiger partial charge in [-0.3, -0.25) is 4.79 Å². The zero-order valence-corrected chi connectivity index (χ0v) is 17.0. The lowest BCUT2D eigenvalue weighted by atomic mass is 10.0. The van der Waals surface area contributed by atoms with Crippen molar-refractivity contribution in [3.63, 3.8) is 0 Å². The SMILES string of the molecule is CCCOc1cc(C)[n+]([O-])c(CC)c1C(=O)Nc1c(CC)cccc1CC. The number of aromatic nitrogens is 1. The van der Waals surface area contributed by atoms with Gasteiger partial charge in [-0.05, 0) is 30.4 Å². The van der Waals surface area contributed by atoms with Gasteiger partial charge in [0.15, 0.2) is 5.69 Å². The lowest BCUT2D eigenvalue weighted by Gasteiger charge is -2.18. The maximum absolute atomic E-state index is 13.2. The predicted octanol–water partition coefficient (Wildman–Crippen LogP) is 4.36. The van der Waals surface area contributed by atoms with Gasteiger partial charge in [0.25, 0.3) is 5.91 Å². The maximum Gasteiger partial charge on any atom is 0.265 e. The number of amides is 1. The molecule has 0 aliphatic heterocycles. The molecule has 146 valence electrons. The first-order valence-electron chi connectivity index (χ1n) is 9.79. The van der Waals surface area contributed by atoms with E-state index in [4.69, 9.17) is 4.74 Å². The fourth-order valence-electron chi connectivity index (χ4n) is 3.25. The molecule has 2 rings (SSSR count). The molecule has 0 atom stereocenters. The van der Waals surface area contributed by atoms with Crippen molar-refractivity contribution in [2.24, 2.45) is 0 Å². The van der Waals surface area contributed by atoms with Crippen molar-refractivity contribution in [3.05, 3.63) is 57.6 Å². The van der Waals surface area contributed by atoms with Crippen molar-refractivity contribution in [2.45, 2.75) is 60.3 Å². The number of carbonyl (C=O) groups excluding carboxylic acids is 1. The summed E-state index contributed by atoms with van der Waals surface area (Å²) in [6.45, 7) is 10.2. The maximum atomic E-state index is 13.2. The Morgan fingerprint density at radius 3 is 2.26 bits per heavy atom. The molecule has 0 aliphatic rings. The normalized spacial score (nSPS) is 10.7. The van der Waals surface area contributed by atoms with Gasteiger partial charge in [-0.2, -0.15) is 4.73 Å². The van der Waals surface area contributed by atoms with E-state index in [1.54, 1.807) is 13.0 Å². The Morgan fingerprint density at radius 2 is 1.74 bits per heavy atom. The van der Waals surface area contributed by atoms with Gasteiger partial charge in [0, 0.05) is 25.1 Å². The molecular formula is C22H30N2O3. The van der Waals surface area contributed by atoms with Crippen LogP contribution in [0.1, 0.15) is 67.0 Å². The number of rotatable bonds is 8. The van der Waals surface area contributed by atoms with Crippen LogP contribution in [0.2, 0.25) is 0 Å². The molecule has 1 aromatic carbocycles. The second-order valence-corrected chi connectivity index (χ2v) is 6.58. The first-order chi connectivity index (χ1) is 13.0. The molecule has 0 aliphatic carbocycles. The lowest BCUT2D eigenvalue weighted by Crippen LogP contribution is -2.38. The van der Waals surface area contributed by atoms with E-state index in [2.05, 4.69) is 19.2 Å². The largest absolute Gasteiger partial charge is 0.618 e. The molecule has 0 spiro atoms. The topological polar surface area (TPSA) is 65.3 Å². The molecule has 5 heteroatoms. The van der Waals surface area contributed by atoms with Gasteiger partial charge < -0.3 is 15.3 Å². The summed E-state index contributed by atoms with van der Waals surface area (Å²) in [7, 11) is 0.